The number of imidazole rings is 1. The van der Waals surface area contributed by atoms with E-state index in [0.717, 1.165) is 71.3 Å². The number of halogens is 1. The zero-order valence-electron chi connectivity index (χ0n) is 16.0. The van der Waals surface area contributed by atoms with Crippen LogP contribution in [0, 0.1) is 0 Å². The molecule has 0 N–H and O–H groups in total. The predicted octanol–water partition coefficient (Wildman–Crippen LogP) is 3.38. The van der Waals surface area contributed by atoms with Gasteiger partial charge in [-0.1, -0.05) is 47.2 Å². The monoisotopic (exact) mass is 429 g/mol. The van der Waals surface area contributed by atoms with Crippen molar-refractivity contribution in [3.05, 3.63) is 47.2 Å². The van der Waals surface area contributed by atoms with Crippen LogP contribution in [0.4, 0.5) is 5.13 Å². The minimum atomic E-state index is 0.697. The van der Waals surface area contributed by atoms with E-state index < -0.39 is 0 Å². The van der Waals surface area contributed by atoms with E-state index in [0.29, 0.717) is 5.89 Å². The van der Waals surface area contributed by atoms with Crippen molar-refractivity contribution in [1.82, 2.24) is 29.6 Å². The van der Waals surface area contributed by atoms with Crippen LogP contribution in [-0.2, 0) is 13.0 Å². The van der Waals surface area contributed by atoms with Gasteiger partial charge in [-0.2, -0.15) is 4.98 Å². The number of hydrogen-bond acceptors (Lipinski definition) is 8. The molecule has 4 heterocycles. The molecular weight excluding hydrogens is 410 g/mol. The molecule has 29 heavy (non-hydrogen) atoms. The van der Waals surface area contributed by atoms with Gasteiger partial charge in [-0.05, 0) is 12.1 Å². The molecule has 0 saturated carbocycles. The summed E-state index contributed by atoms with van der Waals surface area (Å²) in [5.74, 6) is 1.46. The molecule has 0 amide bonds. The van der Waals surface area contributed by atoms with Crippen molar-refractivity contribution in [3.8, 4) is 11.3 Å². The number of benzene rings is 1. The van der Waals surface area contributed by atoms with Crippen LogP contribution in [0.3, 0.4) is 0 Å². The molecule has 0 unspecified atom stereocenters. The van der Waals surface area contributed by atoms with Gasteiger partial charge in [-0.25, -0.2) is 9.50 Å². The Hall–Kier alpha value is -2.49. The van der Waals surface area contributed by atoms with Gasteiger partial charge < -0.3 is 9.42 Å². The maximum atomic E-state index is 5.97. The maximum absolute atomic E-state index is 5.97. The quantitative estimate of drug-likeness (QED) is 0.481. The summed E-state index contributed by atoms with van der Waals surface area (Å²) < 4.78 is 7.06. The summed E-state index contributed by atoms with van der Waals surface area (Å²) >= 11 is 7.59. The molecule has 0 spiro atoms. The first-order valence-electron chi connectivity index (χ1n) is 9.59. The zero-order chi connectivity index (χ0) is 19.8. The first kappa shape index (κ1) is 18.5. The van der Waals surface area contributed by atoms with Crippen LogP contribution in [0.15, 0.2) is 35.0 Å². The average Bonchev–Trinajstić information content (AvgIpc) is 3.44. The first-order chi connectivity index (χ1) is 14.2. The summed E-state index contributed by atoms with van der Waals surface area (Å²) in [6.45, 7) is 6.45. The van der Waals surface area contributed by atoms with E-state index >= 15 is 0 Å². The molecule has 10 heteroatoms. The number of hydrogen-bond donors (Lipinski definition) is 0. The molecule has 1 saturated heterocycles. The van der Waals surface area contributed by atoms with Gasteiger partial charge in [-0.15, -0.1) is 5.10 Å². The number of rotatable bonds is 5. The Morgan fingerprint density at radius 1 is 1.10 bits per heavy atom. The van der Waals surface area contributed by atoms with Crippen molar-refractivity contribution in [2.24, 2.45) is 0 Å². The molecule has 0 bridgehead atoms. The molecule has 1 aromatic carbocycles. The summed E-state index contributed by atoms with van der Waals surface area (Å²) in [6, 6.07) is 7.70. The molecule has 150 valence electrons. The van der Waals surface area contributed by atoms with E-state index in [1.807, 2.05) is 41.9 Å². The summed E-state index contributed by atoms with van der Waals surface area (Å²) in [5, 5.41) is 10.5. The van der Waals surface area contributed by atoms with E-state index in [9.17, 15) is 0 Å². The fraction of sp³-hybridized carbons (Fsp3) is 0.368. The van der Waals surface area contributed by atoms with Crippen molar-refractivity contribution < 1.29 is 4.52 Å². The highest BCUT2D eigenvalue weighted by molar-refractivity contribution is 7.20. The number of piperazine rings is 1. The molecule has 0 atom stereocenters. The van der Waals surface area contributed by atoms with Crippen LogP contribution in [0.2, 0.25) is 5.02 Å². The molecule has 4 aromatic rings. The molecule has 1 aliphatic heterocycles. The number of fused-ring (bicyclic) bond motifs is 1. The van der Waals surface area contributed by atoms with Crippen LogP contribution in [0.25, 0.3) is 16.2 Å². The summed E-state index contributed by atoms with van der Waals surface area (Å²) in [7, 11) is 0. The van der Waals surface area contributed by atoms with Gasteiger partial charge in [-0.3, -0.25) is 4.90 Å². The lowest BCUT2D eigenvalue weighted by molar-refractivity contribution is 0.239. The normalized spacial score (nSPS) is 15.4. The third-order valence-electron chi connectivity index (χ3n) is 4.99. The first-order valence-corrected chi connectivity index (χ1v) is 10.8. The Morgan fingerprint density at radius 3 is 2.59 bits per heavy atom. The number of aromatic nitrogens is 5. The van der Waals surface area contributed by atoms with Crippen molar-refractivity contribution >= 4 is 33.0 Å². The largest absolute Gasteiger partial charge is 0.344 e. The number of nitrogens with zero attached hydrogens (tertiary/aromatic N) is 7. The highest BCUT2D eigenvalue weighted by atomic mass is 35.5. The molecule has 1 fully saturated rings. The summed E-state index contributed by atoms with van der Waals surface area (Å²) in [5.41, 5.74) is 1.94. The summed E-state index contributed by atoms with van der Waals surface area (Å²) in [6.07, 6.45) is 2.74. The fourth-order valence-corrected chi connectivity index (χ4v) is 4.43. The van der Waals surface area contributed by atoms with Crippen molar-refractivity contribution in [1.29, 1.82) is 0 Å². The van der Waals surface area contributed by atoms with E-state index in [4.69, 9.17) is 26.2 Å². The average molecular weight is 430 g/mol. The Kier molecular flexibility index (Phi) is 4.94. The maximum Gasteiger partial charge on any atom is 0.226 e. The number of aryl methyl sites for hydroxylation is 1. The van der Waals surface area contributed by atoms with E-state index in [-0.39, 0.29) is 0 Å². The third kappa shape index (κ3) is 3.85. The lowest BCUT2D eigenvalue weighted by atomic mass is 10.2. The lowest BCUT2D eigenvalue weighted by Crippen LogP contribution is -2.46. The van der Waals surface area contributed by atoms with Gasteiger partial charge in [0.25, 0.3) is 0 Å². The van der Waals surface area contributed by atoms with Gasteiger partial charge >= 0.3 is 0 Å². The van der Waals surface area contributed by atoms with Crippen LogP contribution in [0.5, 0.6) is 0 Å². The predicted molar refractivity (Wildman–Crippen MR) is 112 cm³/mol. The molecule has 1 aliphatic rings. The second kappa shape index (κ2) is 7.74. The Labute approximate surface area is 176 Å². The van der Waals surface area contributed by atoms with Crippen molar-refractivity contribution in [2.75, 3.05) is 31.1 Å². The van der Waals surface area contributed by atoms with Crippen molar-refractivity contribution in [3.63, 3.8) is 0 Å². The van der Waals surface area contributed by atoms with Crippen LogP contribution in [0.1, 0.15) is 18.6 Å². The molecule has 0 aliphatic carbocycles. The highest BCUT2D eigenvalue weighted by Gasteiger charge is 2.22. The molecule has 5 rings (SSSR count). The minimum Gasteiger partial charge on any atom is -0.344 e. The molecule has 3 aromatic heterocycles. The minimum absolute atomic E-state index is 0.697. The standard InChI is InChI=1S/C19H20ClN7OS/c1-2-17-22-16(24-28-17)12-25-7-9-26(10-8-25)19-23-27-11-15(21-18(27)29-19)13-3-5-14(20)6-4-13/h3-6,11H,2,7-10,12H2,1H3. The lowest BCUT2D eigenvalue weighted by Gasteiger charge is -2.33. The molecular formula is C19H20ClN7OS. The Balaban J connectivity index is 1.23. The Bertz CT molecular complexity index is 1080. The fourth-order valence-electron chi connectivity index (χ4n) is 3.37. The topological polar surface area (TPSA) is 75.6 Å². The van der Waals surface area contributed by atoms with Crippen LogP contribution in [-0.4, -0.2) is 55.8 Å². The second-order valence-corrected chi connectivity index (χ2v) is 8.34. The SMILES string of the molecule is CCc1nc(CN2CCN(c3nn4cc(-c5ccc(Cl)cc5)nc4s3)CC2)no1. The smallest absolute Gasteiger partial charge is 0.226 e. The number of anilines is 1. The van der Waals surface area contributed by atoms with E-state index in [1.54, 1.807) is 11.3 Å². The second-order valence-electron chi connectivity index (χ2n) is 6.97. The zero-order valence-corrected chi connectivity index (χ0v) is 17.5. The third-order valence-corrected chi connectivity index (χ3v) is 6.23. The van der Waals surface area contributed by atoms with E-state index in [2.05, 4.69) is 19.9 Å². The van der Waals surface area contributed by atoms with Gasteiger partial charge in [0.2, 0.25) is 16.0 Å². The van der Waals surface area contributed by atoms with Gasteiger partial charge in [0.05, 0.1) is 18.4 Å². The molecule has 8 nitrogen and oxygen atoms in total. The van der Waals surface area contributed by atoms with Gasteiger partial charge in [0, 0.05) is 43.2 Å². The summed E-state index contributed by atoms with van der Waals surface area (Å²) in [4.78, 5) is 14.7. The van der Waals surface area contributed by atoms with Gasteiger partial charge in [0.15, 0.2) is 5.82 Å². The van der Waals surface area contributed by atoms with Crippen molar-refractivity contribution in [2.45, 2.75) is 19.9 Å². The Morgan fingerprint density at radius 2 is 1.90 bits per heavy atom. The highest BCUT2D eigenvalue weighted by Crippen LogP contribution is 2.28. The van der Waals surface area contributed by atoms with E-state index in [1.165, 1.54) is 0 Å². The van der Waals surface area contributed by atoms with Crippen LogP contribution >= 0.6 is 22.9 Å². The van der Waals surface area contributed by atoms with Gasteiger partial charge in [0.1, 0.15) is 0 Å². The molecule has 0 radical (unpaired) electrons. The van der Waals surface area contributed by atoms with Crippen LogP contribution < -0.4 is 4.90 Å².